The summed E-state index contributed by atoms with van der Waals surface area (Å²) in [6.07, 6.45) is 67.1. The molecule has 0 aliphatic carbocycles. The van der Waals surface area contributed by atoms with Crippen LogP contribution in [0, 0.1) is 0 Å². The predicted octanol–water partition coefficient (Wildman–Crippen LogP) is 14.0. The van der Waals surface area contributed by atoms with Gasteiger partial charge in [0.15, 0.2) is 0 Å². The fourth-order valence-electron chi connectivity index (χ4n) is 5.87. The maximum Gasteiger partial charge on any atom is 0.472 e. The van der Waals surface area contributed by atoms with Crippen LogP contribution in [0.25, 0.3) is 0 Å². The fraction of sp³-hybridized carbons (Fsp3) is 0.574. The van der Waals surface area contributed by atoms with E-state index >= 15 is 0 Å². The molecule has 356 valence electrons. The number of hydrogen-bond donors (Lipinski definition) is 3. The van der Waals surface area contributed by atoms with E-state index in [1.807, 2.05) is 21.1 Å². The first-order chi connectivity index (χ1) is 30.5. The Labute approximate surface area is 386 Å². The van der Waals surface area contributed by atoms with Gasteiger partial charge in [-0.1, -0.05) is 180 Å². The van der Waals surface area contributed by atoms with Crippen molar-refractivity contribution >= 4 is 13.7 Å². The number of carbonyl (C=O) groups is 1. The largest absolute Gasteiger partial charge is 0.472 e. The third-order valence-corrected chi connectivity index (χ3v) is 10.6. The normalized spacial score (nSPS) is 15.3. The van der Waals surface area contributed by atoms with Gasteiger partial charge in [-0.15, -0.1) is 0 Å². The Bertz CT molecular complexity index is 1480. The van der Waals surface area contributed by atoms with Crippen LogP contribution in [0.5, 0.6) is 0 Å². The minimum Gasteiger partial charge on any atom is -0.391 e. The van der Waals surface area contributed by atoms with Gasteiger partial charge >= 0.3 is 7.82 Å². The molecule has 0 saturated carbocycles. The third kappa shape index (κ3) is 46.4. The number of aliphatic hydroxyl groups is 1. The minimum atomic E-state index is -4.31. The number of hydrogen-bond acceptors (Lipinski definition) is 5. The molecular weight excluding hydrogens is 804 g/mol. The molecule has 1 amide bonds. The molecule has 0 aliphatic heterocycles. The lowest BCUT2D eigenvalue weighted by Crippen LogP contribution is -2.46. The van der Waals surface area contributed by atoms with E-state index in [2.05, 4.69) is 153 Å². The van der Waals surface area contributed by atoms with Crippen LogP contribution >= 0.6 is 7.82 Å². The molecule has 0 saturated heterocycles. The van der Waals surface area contributed by atoms with Gasteiger partial charge in [0, 0.05) is 6.42 Å². The molecule has 0 radical (unpaired) electrons. The average molecular weight is 894 g/mol. The van der Waals surface area contributed by atoms with E-state index < -0.39 is 20.0 Å². The van der Waals surface area contributed by atoms with Crippen molar-refractivity contribution in [3.8, 4) is 0 Å². The van der Waals surface area contributed by atoms with Crippen LogP contribution in [-0.2, 0) is 18.4 Å². The average Bonchev–Trinajstić information content (AvgIpc) is 3.24. The van der Waals surface area contributed by atoms with E-state index in [-0.39, 0.29) is 19.1 Å². The molecule has 9 heteroatoms. The smallest absolute Gasteiger partial charge is 0.391 e. The Kier molecular flexibility index (Phi) is 41.5. The van der Waals surface area contributed by atoms with Crippen molar-refractivity contribution in [3.05, 3.63) is 134 Å². The standard InChI is InChI=1S/C54H89N2O6P/c1-6-8-10-12-13-14-15-16-17-18-19-20-21-22-23-24-25-26-27-28-29-30-31-32-33-34-35-36-37-38-39-40-41-42-43-44-46-48-54(58)55-52(53(57)47-45-11-9-7-2)51-62-63(59,60)61-50-49-56(3,4)5/h8,10,13-14,16-17,19-20,22-23,25-26,28-29,31-32,34-35,37-38,40-41,52-53,57H,6-7,9,11-12,15,18,21,24,27,30,33,36,39,42-51H2,1-5H3,(H-,55,58,59,60)/p+1/b10-8-,14-13-,17-16-,20-19-,23-22-,26-25-,29-28-,32-31-,35-34-,38-37-,41-40-. The lowest BCUT2D eigenvalue weighted by Gasteiger charge is -2.26. The fourth-order valence-corrected chi connectivity index (χ4v) is 6.61. The number of unbranched alkanes of at least 4 members (excludes halogenated alkanes) is 6. The quantitative estimate of drug-likeness (QED) is 0.0244. The Balaban J connectivity index is 4.05. The molecule has 0 aromatic heterocycles. The number of nitrogens with zero attached hydrogens (tertiary/aromatic N) is 1. The highest BCUT2D eigenvalue weighted by Crippen LogP contribution is 2.43. The number of quaternary nitrogens is 1. The van der Waals surface area contributed by atoms with Crippen molar-refractivity contribution in [2.24, 2.45) is 0 Å². The first-order valence-electron chi connectivity index (χ1n) is 24.0. The van der Waals surface area contributed by atoms with Crippen LogP contribution in [0.4, 0.5) is 0 Å². The first-order valence-corrected chi connectivity index (χ1v) is 25.5. The zero-order chi connectivity index (χ0) is 46.4. The van der Waals surface area contributed by atoms with Gasteiger partial charge in [-0.25, -0.2) is 4.57 Å². The Morgan fingerprint density at radius 2 is 0.952 bits per heavy atom. The number of likely N-dealkylation sites (N-methyl/N-ethyl adjacent to an activating group) is 1. The van der Waals surface area contributed by atoms with E-state index in [4.69, 9.17) is 9.05 Å². The van der Waals surface area contributed by atoms with Crippen molar-refractivity contribution < 1.29 is 32.9 Å². The molecule has 0 fully saturated rings. The molecule has 3 atom stereocenters. The molecule has 0 bridgehead atoms. The van der Waals surface area contributed by atoms with Gasteiger partial charge in [-0.3, -0.25) is 13.8 Å². The minimum absolute atomic E-state index is 0.0587. The molecule has 0 aromatic carbocycles. The van der Waals surface area contributed by atoms with E-state index in [9.17, 15) is 19.4 Å². The van der Waals surface area contributed by atoms with Crippen LogP contribution in [0.2, 0.25) is 0 Å². The lowest BCUT2D eigenvalue weighted by molar-refractivity contribution is -0.870. The van der Waals surface area contributed by atoms with E-state index in [0.29, 0.717) is 23.9 Å². The molecular formula is C54H90N2O6P+. The number of phosphoric acid groups is 1. The van der Waals surface area contributed by atoms with Gasteiger partial charge in [0.25, 0.3) is 0 Å². The van der Waals surface area contributed by atoms with E-state index in [1.54, 1.807) is 0 Å². The van der Waals surface area contributed by atoms with Gasteiger partial charge in [0.05, 0.1) is 39.9 Å². The van der Waals surface area contributed by atoms with Crippen molar-refractivity contribution in [1.29, 1.82) is 0 Å². The second kappa shape index (κ2) is 43.9. The van der Waals surface area contributed by atoms with Crippen LogP contribution < -0.4 is 5.32 Å². The van der Waals surface area contributed by atoms with Crippen LogP contribution in [0.3, 0.4) is 0 Å². The summed E-state index contributed by atoms with van der Waals surface area (Å²) in [5.41, 5.74) is 0. The molecule has 0 rings (SSSR count). The molecule has 0 aromatic rings. The van der Waals surface area contributed by atoms with Gasteiger partial charge < -0.3 is 19.8 Å². The van der Waals surface area contributed by atoms with Crippen molar-refractivity contribution in [3.63, 3.8) is 0 Å². The topological polar surface area (TPSA) is 105 Å². The van der Waals surface area contributed by atoms with Crippen LogP contribution in [-0.4, -0.2) is 73.4 Å². The number of phosphoric ester groups is 1. The Morgan fingerprint density at radius 3 is 1.35 bits per heavy atom. The van der Waals surface area contributed by atoms with Crippen LogP contribution in [0.15, 0.2) is 134 Å². The number of amides is 1. The molecule has 0 heterocycles. The first kappa shape index (κ1) is 59.6. The maximum atomic E-state index is 12.7. The Morgan fingerprint density at radius 1 is 0.556 bits per heavy atom. The molecule has 63 heavy (non-hydrogen) atoms. The van der Waals surface area contributed by atoms with Gasteiger partial charge in [0.2, 0.25) is 5.91 Å². The highest BCUT2D eigenvalue weighted by Gasteiger charge is 2.28. The number of aliphatic hydroxyl groups excluding tert-OH is 1. The summed E-state index contributed by atoms with van der Waals surface area (Å²) in [6.45, 7) is 4.58. The van der Waals surface area contributed by atoms with E-state index in [0.717, 1.165) is 122 Å². The summed E-state index contributed by atoms with van der Waals surface area (Å²) >= 11 is 0. The van der Waals surface area contributed by atoms with Gasteiger partial charge in [-0.2, -0.15) is 0 Å². The summed E-state index contributed by atoms with van der Waals surface area (Å²) in [7, 11) is 1.56. The number of allylic oxidation sites excluding steroid dienone is 22. The number of carbonyl (C=O) groups excluding carboxylic acids is 1. The second-order valence-electron chi connectivity index (χ2n) is 16.8. The summed E-state index contributed by atoms with van der Waals surface area (Å²) in [5.74, 6) is -0.193. The molecule has 3 N–H and O–H groups in total. The van der Waals surface area contributed by atoms with Crippen molar-refractivity contribution in [2.45, 2.75) is 161 Å². The van der Waals surface area contributed by atoms with Crippen molar-refractivity contribution in [2.75, 3.05) is 40.9 Å². The summed E-state index contributed by atoms with van der Waals surface area (Å²) in [6, 6.07) is -0.784. The molecule has 0 spiro atoms. The monoisotopic (exact) mass is 894 g/mol. The number of rotatable bonds is 41. The molecule has 0 aliphatic rings. The molecule has 3 unspecified atom stereocenters. The van der Waals surface area contributed by atoms with Crippen LogP contribution in [0.1, 0.15) is 149 Å². The highest BCUT2D eigenvalue weighted by molar-refractivity contribution is 7.47. The molecule has 8 nitrogen and oxygen atoms in total. The lowest BCUT2D eigenvalue weighted by atomic mass is 10.0. The van der Waals surface area contributed by atoms with Crippen molar-refractivity contribution in [1.82, 2.24) is 5.32 Å². The highest BCUT2D eigenvalue weighted by atomic mass is 31.2. The Hall–Kier alpha value is -3.36. The van der Waals surface area contributed by atoms with Gasteiger partial charge in [0.1, 0.15) is 13.2 Å². The summed E-state index contributed by atoms with van der Waals surface area (Å²) < 4.78 is 23.3. The SMILES string of the molecule is CC/C=C\C/C=C\C/C=C\C/C=C\C/C=C\C/C=C\C/C=C\C/C=C\C/C=C\C/C=C\C/C=C\CCCCCC(=O)NC(COP(=O)(O)OCC[N+](C)(C)C)C(O)CCCCCC. The zero-order valence-electron chi connectivity index (χ0n) is 40.2. The van der Waals surface area contributed by atoms with E-state index in [1.165, 1.54) is 0 Å². The summed E-state index contributed by atoms with van der Waals surface area (Å²) in [5, 5.41) is 13.7. The predicted molar refractivity (Wildman–Crippen MR) is 271 cm³/mol. The van der Waals surface area contributed by atoms with Gasteiger partial charge in [-0.05, 0) is 96.3 Å². The number of nitrogens with one attached hydrogen (secondary N) is 1. The maximum absolute atomic E-state index is 12.7. The zero-order valence-corrected chi connectivity index (χ0v) is 41.1. The summed E-state index contributed by atoms with van der Waals surface area (Å²) in [4.78, 5) is 22.9. The third-order valence-electron chi connectivity index (χ3n) is 9.66. The second-order valence-corrected chi connectivity index (χ2v) is 18.2.